The lowest BCUT2D eigenvalue weighted by molar-refractivity contribution is -0.388. The van der Waals surface area contributed by atoms with Gasteiger partial charge >= 0.3 is 5.69 Å². The van der Waals surface area contributed by atoms with Gasteiger partial charge in [-0.1, -0.05) is 53.2 Å². The average molecular weight is 315 g/mol. The lowest BCUT2D eigenvalue weighted by atomic mass is 10.2. The predicted molar refractivity (Wildman–Crippen MR) is 76.9 cm³/mol. The van der Waals surface area contributed by atoms with E-state index in [2.05, 4.69) is 4.98 Å². The summed E-state index contributed by atoms with van der Waals surface area (Å²) in [6.45, 7) is 0. The fourth-order valence-electron chi connectivity index (χ4n) is 1.42. The summed E-state index contributed by atoms with van der Waals surface area (Å²) in [4.78, 5) is 14.4. The van der Waals surface area contributed by atoms with E-state index in [-0.39, 0.29) is 15.9 Å². The Morgan fingerprint density at radius 3 is 2.63 bits per heavy atom. The second kappa shape index (κ2) is 6.23. The molecular weight excluding hydrogens is 307 g/mol. The van der Waals surface area contributed by atoms with E-state index in [9.17, 15) is 10.1 Å². The summed E-state index contributed by atoms with van der Waals surface area (Å²) < 4.78 is 0. The normalized spacial score (nSPS) is 10.4. The van der Waals surface area contributed by atoms with Crippen molar-refractivity contribution in [3.8, 4) is 0 Å². The minimum absolute atomic E-state index is 0.0542. The SMILES string of the molecule is O=[N+]([O-])c1ccc(Cl)nc1SCc1ccccc1Cl. The highest BCUT2D eigenvalue weighted by atomic mass is 35.5. The molecule has 1 aromatic heterocycles. The Labute approximate surface area is 123 Å². The van der Waals surface area contributed by atoms with Gasteiger partial charge in [0.1, 0.15) is 5.15 Å². The van der Waals surface area contributed by atoms with Gasteiger partial charge in [0.15, 0.2) is 5.03 Å². The van der Waals surface area contributed by atoms with Gasteiger partial charge in [-0.05, 0) is 17.7 Å². The molecule has 0 spiro atoms. The Hall–Kier alpha value is -1.30. The molecule has 19 heavy (non-hydrogen) atoms. The van der Waals surface area contributed by atoms with Crippen molar-refractivity contribution in [1.29, 1.82) is 0 Å². The van der Waals surface area contributed by atoms with Crippen molar-refractivity contribution in [3.05, 3.63) is 62.3 Å². The smallest absolute Gasteiger partial charge is 0.258 e. The van der Waals surface area contributed by atoms with E-state index < -0.39 is 4.92 Å². The number of aromatic nitrogens is 1. The van der Waals surface area contributed by atoms with Crippen LogP contribution < -0.4 is 0 Å². The number of pyridine rings is 1. The zero-order valence-corrected chi connectivity index (χ0v) is 11.9. The van der Waals surface area contributed by atoms with Gasteiger partial charge in [0.25, 0.3) is 0 Å². The molecule has 0 fully saturated rings. The third kappa shape index (κ3) is 3.59. The number of nitrogens with zero attached hydrogens (tertiary/aromatic N) is 2. The maximum Gasteiger partial charge on any atom is 0.301 e. The first kappa shape index (κ1) is 14.1. The van der Waals surface area contributed by atoms with Crippen molar-refractivity contribution in [1.82, 2.24) is 4.98 Å². The fraction of sp³-hybridized carbons (Fsp3) is 0.0833. The van der Waals surface area contributed by atoms with Crippen molar-refractivity contribution in [2.45, 2.75) is 10.8 Å². The number of benzene rings is 1. The molecule has 1 heterocycles. The quantitative estimate of drug-likeness (QED) is 0.358. The summed E-state index contributed by atoms with van der Waals surface area (Å²) in [5.41, 5.74) is 0.840. The van der Waals surface area contributed by atoms with Gasteiger partial charge in [-0.25, -0.2) is 4.98 Å². The van der Waals surface area contributed by atoms with Crippen molar-refractivity contribution >= 4 is 40.7 Å². The minimum atomic E-state index is -0.474. The van der Waals surface area contributed by atoms with E-state index in [0.717, 1.165) is 5.56 Å². The van der Waals surface area contributed by atoms with E-state index in [1.807, 2.05) is 18.2 Å². The van der Waals surface area contributed by atoms with Gasteiger partial charge in [-0.3, -0.25) is 10.1 Å². The molecule has 2 rings (SSSR count). The Balaban J connectivity index is 2.22. The maximum absolute atomic E-state index is 10.9. The first-order valence-corrected chi connectivity index (χ1v) is 6.99. The molecular formula is C12H8Cl2N2O2S. The first-order chi connectivity index (χ1) is 9.08. The molecule has 0 saturated carbocycles. The lowest BCUT2D eigenvalue weighted by Crippen LogP contribution is -1.94. The van der Waals surface area contributed by atoms with Crippen LogP contribution in [0.25, 0.3) is 0 Å². The van der Waals surface area contributed by atoms with Crippen molar-refractivity contribution in [3.63, 3.8) is 0 Å². The van der Waals surface area contributed by atoms with Crippen molar-refractivity contribution in [2.75, 3.05) is 0 Å². The molecule has 0 aliphatic rings. The van der Waals surface area contributed by atoms with Gasteiger partial charge in [-0.2, -0.15) is 0 Å². The zero-order valence-electron chi connectivity index (χ0n) is 9.55. The second-order valence-corrected chi connectivity index (χ2v) is 5.35. The molecule has 0 amide bonds. The first-order valence-electron chi connectivity index (χ1n) is 5.25. The molecule has 98 valence electrons. The Bertz CT molecular complexity index is 622. The summed E-state index contributed by atoms with van der Waals surface area (Å²) in [5, 5.41) is 12.0. The summed E-state index contributed by atoms with van der Waals surface area (Å²) in [5.74, 6) is 0.494. The van der Waals surface area contributed by atoms with Crippen molar-refractivity contribution < 1.29 is 4.92 Å². The minimum Gasteiger partial charge on any atom is -0.258 e. The second-order valence-electron chi connectivity index (χ2n) is 3.60. The number of thioether (sulfide) groups is 1. The molecule has 4 nitrogen and oxygen atoms in total. The third-order valence-corrected chi connectivity index (χ3v) is 3.93. The van der Waals surface area contributed by atoms with Crippen LogP contribution in [0.5, 0.6) is 0 Å². The zero-order chi connectivity index (χ0) is 13.8. The Morgan fingerprint density at radius 1 is 1.21 bits per heavy atom. The largest absolute Gasteiger partial charge is 0.301 e. The summed E-state index contributed by atoms with van der Waals surface area (Å²) in [7, 11) is 0. The molecule has 0 N–H and O–H groups in total. The van der Waals surface area contributed by atoms with E-state index in [0.29, 0.717) is 10.8 Å². The van der Waals surface area contributed by atoms with Gasteiger partial charge in [0, 0.05) is 16.8 Å². The van der Waals surface area contributed by atoms with Crippen LogP contribution in [0.2, 0.25) is 10.2 Å². The van der Waals surface area contributed by atoms with Gasteiger partial charge in [-0.15, -0.1) is 0 Å². The topological polar surface area (TPSA) is 56.0 Å². The molecule has 0 aliphatic carbocycles. The molecule has 0 atom stereocenters. The van der Waals surface area contributed by atoms with Gasteiger partial charge in [0.2, 0.25) is 0 Å². The van der Waals surface area contributed by atoms with Crippen LogP contribution in [-0.2, 0) is 5.75 Å². The Kier molecular flexibility index (Phi) is 4.63. The number of hydrogen-bond donors (Lipinski definition) is 0. The van der Waals surface area contributed by atoms with Crippen molar-refractivity contribution in [2.24, 2.45) is 0 Å². The standard InChI is InChI=1S/C12H8Cl2N2O2S/c13-9-4-2-1-3-8(9)7-19-12-10(16(17)18)5-6-11(14)15-12/h1-6H,7H2. The molecule has 7 heteroatoms. The van der Waals surface area contributed by atoms with Crippen LogP contribution in [0.3, 0.4) is 0 Å². The van der Waals surface area contributed by atoms with E-state index in [4.69, 9.17) is 23.2 Å². The number of nitro groups is 1. The maximum atomic E-state index is 10.9. The molecule has 0 bridgehead atoms. The highest BCUT2D eigenvalue weighted by Gasteiger charge is 2.16. The summed E-state index contributed by atoms with van der Waals surface area (Å²) >= 11 is 13.0. The summed E-state index contributed by atoms with van der Waals surface area (Å²) in [6.07, 6.45) is 0. The molecule has 0 saturated heterocycles. The van der Waals surface area contributed by atoms with Gasteiger partial charge in [0.05, 0.1) is 4.92 Å². The number of hydrogen-bond acceptors (Lipinski definition) is 4. The predicted octanol–water partition coefficient (Wildman–Crippen LogP) is 4.59. The van der Waals surface area contributed by atoms with Crippen LogP contribution in [-0.4, -0.2) is 9.91 Å². The molecule has 0 unspecified atom stereocenters. The van der Waals surface area contributed by atoms with E-state index >= 15 is 0 Å². The van der Waals surface area contributed by atoms with Crippen LogP contribution in [0, 0.1) is 10.1 Å². The highest BCUT2D eigenvalue weighted by molar-refractivity contribution is 7.98. The molecule has 0 aliphatic heterocycles. The van der Waals surface area contributed by atoms with Crippen LogP contribution >= 0.6 is 35.0 Å². The van der Waals surface area contributed by atoms with E-state index in [1.54, 1.807) is 6.07 Å². The highest BCUT2D eigenvalue weighted by Crippen LogP contribution is 2.32. The number of rotatable bonds is 4. The third-order valence-electron chi connectivity index (χ3n) is 2.33. The Morgan fingerprint density at radius 2 is 1.95 bits per heavy atom. The lowest BCUT2D eigenvalue weighted by Gasteiger charge is -2.04. The van der Waals surface area contributed by atoms with Crippen LogP contribution in [0.1, 0.15) is 5.56 Å². The van der Waals surface area contributed by atoms with E-state index in [1.165, 1.54) is 23.9 Å². The van der Waals surface area contributed by atoms with Gasteiger partial charge < -0.3 is 0 Å². The summed E-state index contributed by atoms with van der Waals surface area (Å²) in [6, 6.07) is 10.1. The van der Waals surface area contributed by atoms with Crippen LogP contribution in [0.4, 0.5) is 5.69 Å². The molecule has 1 aromatic carbocycles. The average Bonchev–Trinajstić information content (AvgIpc) is 2.37. The molecule has 2 aromatic rings. The fourth-order valence-corrected chi connectivity index (χ4v) is 2.89. The number of halogens is 2. The monoisotopic (exact) mass is 314 g/mol. The molecule has 0 radical (unpaired) electrons. The van der Waals surface area contributed by atoms with Crippen LogP contribution in [0.15, 0.2) is 41.4 Å².